The van der Waals surface area contributed by atoms with Crippen molar-refractivity contribution in [1.29, 1.82) is 0 Å². The Bertz CT molecular complexity index is 1140. The van der Waals surface area contributed by atoms with Crippen LogP contribution in [-0.4, -0.2) is 36.7 Å². The molecule has 1 fully saturated rings. The van der Waals surface area contributed by atoms with E-state index >= 15 is 0 Å². The fourth-order valence-electron chi connectivity index (χ4n) is 4.80. The van der Waals surface area contributed by atoms with Crippen molar-refractivity contribution in [3.63, 3.8) is 0 Å². The molecule has 0 aromatic heterocycles. The second kappa shape index (κ2) is 9.44. The molecule has 2 unspecified atom stereocenters. The van der Waals surface area contributed by atoms with Gasteiger partial charge in [-0.05, 0) is 54.2 Å². The number of rotatable bonds is 7. The number of nitrogens with one attached hydrogen (secondary N) is 1. The molecule has 172 valence electrons. The molecule has 1 saturated heterocycles. The Morgan fingerprint density at radius 2 is 1.91 bits per heavy atom. The summed E-state index contributed by atoms with van der Waals surface area (Å²) in [5.74, 6) is 1.42. The summed E-state index contributed by atoms with van der Waals surface area (Å²) in [6.45, 7) is 6.36. The van der Waals surface area contributed by atoms with Gasteiger partial charge in [0.15, 0.2) is 0 Å². The van der Waals surface area contributed by atoms with Gasteiger partial charge in [0.2, 0.25) is 0 Å². The summed E-state index contributed by atoms with van der Waals surface area (Å²) < 4.78 is 12.3. The van der Waals surface area contributed by atoms with Crippen LogP contribution in [0.1, 0.15) is 55.2 Å². The maximum atomic E-state index is 13.7. The standard InChI is InChI=1S/C28H32N2O3/c1-19(2)15-17-33-25-14-13-20-8-3-4-10-22(20)26(25)27-29-24-12-6-5-11-23(24)28(31)30(27)18-21-9-7-16-32-21/h3-6,8,10-14,19,21,27,29H,7,9,15-18H2,1-2H3. The van der Waals surface area contributed by atoms with Gasteiger partial charge in [-0.3, -0.25) is 4.79 Å². The predicted molar refractivity (Wildman–Crippen MR) is 132 cm³/mol. The second-order valence-corrected chi connectivity index (χ2v) is 9.41. The number of hydrogen-bond acceptors (Lipinski definition) is 4. The molecule has 2 aliphatic rings. The Hall–Kier alpha value is -3.05. The number of fused-ring (bicyclic) bond motifs is 2. The molecule has 3 aromatic rings. The number of hydrogen-bond donors (Lipinski definition) is 1. The van der Waals surface area contributed by atoms with E-state index in [2.05, 4.69) is 43.4 Å². The van der Waals surface area contributed by atoms with Crippen LogP contribution in [0.25, 0.3) is 10.8 Å². The number of ether oxygens (including phenoxy) is 2. The number of para-hydroxylation sites is 1. The molecule has 5 heteroatoms. The lowest BCUT2D eigenvalue weighted by Crippen LogP contribution is -2.46. The highest BCUT2D eigenvalue weighted by Crippen LogP contribution is 2.41. The zero-order chi connectivity index (χ0) is 22.8. The molecule has 1 N–H and O–H groups in total. The van der Waals surface area contributed by atoms with Crippen LogP contribution in [0.3, 0.4) is 0 Å². The van der Waals surface area contributed by atoms with Crippen molar-refractivity contribution < 1.29 is 14.3 Å². The molecule has 0 aliphatic carbocycles. The van der Waals surface area contributed by atoms with Crippen molar-refractivity contribution in [1.82, 2.24) is 4.90 Å². The van der Waals surface area contributed by atoms with Crippen LogP contribution in [0.2, 0.25) is 0 Å². The highest BCUT2D eigenvalue weighted by atomic mass is 16.5. The van der Waals surface area contributed by atoms with Gasteiger partial charge in [-0.25, -0.2) is 0 Å². The number of carbonyl (C=O) groups is 1. The van der Waals surface area contributed by atoms with Crippen molar-refractivity contribution in [2.24, 2.45) is 5.92 Å². The number of benzene rings is 3. The van der Waals surface area contributed by atoms with E-state index < -0.39 is 0 Å². The van der Waals surface area contributed by atoms with Gasteiger partial charge in [-0.15, -0.1) is 0 Å². The molecule has 2 aliphatic heterocycles. The minimum Gasteiger partial charge on any atom is -0.493 e. The van der Waals surface area contributed by atoms with Crippen molar-refractivity contribution in [2.45, 2.75) is 45.4 Å². The number of amides is 1. The van der Waals surface area contributed by atoms with E-state index in [1.54, 1.807) is 0 Å². The van der Waals surface area contributed by atoms with Gasteiger partial charge in [0.1, 0.15) is 11.9 Å². The Balaban J connectivity index is 1.61. The first-order valence-electron chi connectivity index (χ1n) is 12.0. The molecular weight excluding hydrogens is 412 g/mol. The monoisotopic (exact) mass is 444 g/mol. The summed E-state index contributed by atoms with van der Waals surface area (Å²) in [7, 11) is 0. The Morgan fingerprint density at radius 1 is 1.09 bits per heavy atom. The third-order valence-electron chi connectivity index (χ3n) is 6.60. The van der Waals surface area contributed by atoms with Crippen LogP contribution in [0.4, 0.5) is 5.69 Å². The average molecular weight is 445 g/mol. The quantitative estimate of drug-likeness (QED) is 0.485. The van der Waals surface area contributed by atoms with Gasteiger partial charge in [0.25, 0.3) is 5.91 Å². The minimum absolute atomic E-state index is 0.0333. The normalized spacial score (nSPS) is 20.2. The smallest absolute Gasteiger partial charge is 0.257 e. The largest absolute Gasteiger partial charge is 0.493 e. The van der Waals surface area contributed by atoms with E-state index in [1.165, 1.54) is 0 Å². The molecule has 0 bridgehead atoms. The van der Waals surface area contributed by atoms with Crippen molar-refractivity contribution in [3.8, 4) is 5.75 Å². The summed E-state index contributed by atoms with van der Waals surface area (Å²) in [4.78, 5) is 15.7. The van der Waals surface area contributed by atoms with Gasteiger partial charge in [0.05, 0.1) is 18.3 Å². The van der Waals surface area contributed by atoms with E-state index in [0.717, 1.165) is 53.6 Å². The zero-order valence-corrected chi connectivity index (χ0v) is 19.4. The number of carbonyl (C=O) groups excluding carboxylic acids is 1. The maximum absolute atomic E-state index is 13.7. The fraction of sp³-hybridized carbons (Fsp3) is 0.393. The van der Waals surface area contributed by atoms with Crippen LogP contribution >= 0.6 is 0 Å². The second-order valence-electron chi connectivity index (χ2n) is 9.41. The molecule has 3 aromatic carbocycles. The molecule has 5 nitrogen and oxygen atoms in total. The van der Waals surface area contributed by atoms with Crippen LogP contribution in [0.15, 0.2) is 60.7 Å². The summed E-state index contributed by atoms with van der Waals surface area (Å²) >= 11 is 0. The SMILES string of the molecule is CC(C)CCOc1ccc2ccccc2c1C1Nc2ccccc2C(=O)N1CC1CCCO1. The molecule has 0 spiro atoms. The number of anilines is 1. The highest BCUT2D eigenvalue weighted by molar-refractivity contribution is 6.02. The lowest BCUT2D eigenvalue weighted by molar-refractivity contribution is 0.0425. The summed E-state index contributed by atoms with van der Waals surface area (Å²) in [6.07, 6.45) is 2.72. The van der Waals surface area contributed by atoms with E-state index in [1.807, 2.05) is 41.3 Å². The fourth-order valence-corrected chi connectivity index (χ4v) is 4.80. The third kappa shape index (κ3) is 4.42. The first-order chi connectivity index (χ1) is 16.1. The zero-order valence-electron chi connectivity index (χ0n) is 19.4. The lowest BCUT2D eigenvalue weighted by atomic mass is 9.97. The van der Waals surface area contributed by atoms with Gasteiger partial charge in [0, 0.05) is 24.4 Å². The van der Waals surface area contributed by atoms with Gasteiger partial charge in [-0.1, -0.05) is 56.3 Å². The van der Waals surface area contributed by atoms with Crippen LogP contribution in [-0.2, 0) is 4.74 Å². The summed E-state index contributed by atoms with van der Waals surface area (Å²) in [5.41, 5.74) is 2.57. The molecule has 5 rings (SSSR count). The van der Waals surface area contributed by atoms with Crippen LogP contribution in [0.5, 0.6) is 5.75 Å². The lowest BCUT2D eigenvalue weighted by Gasteiger charge is -2.40. The molecule has 2 heterocycles. The highest BCUT2D eigenvalue weighted by Gasteiger charge is 2.37. The Morgan fingerprint density at radius 3 is 2.73 bits per heavy atom. The molecule has 33 heavy (non-hydrogen) atoms. The van der Waals surface area contributed by atoms with Crippen molar-refractivity contribution in [3.05, 3.63) is 71.8 Å². The van der Waals surface area contributed by atoms with E-state index in [4.69, 9.17) is 9.47 Å². The van der Waals surface area contributed by atoms with E-state index in [0.29, 0.717) is 24.6 Å². The topological polar surface area (TPSA) is 50.8 Å². The first-order valence-corrected chi connectivity index (χ1v) is 12.0. The van der Waals surface area contributed by atoms with Crippen molar-refractivity contribution in [2.75, 3.05) is 25.1 Å². The Labute approximate surface area is 195 Å². The van der Waals surface area contributed by atoms with Crippen molar-refractivity contribution >= 4 is 22.4 Å². The molecular formula is C28H32N2O3. The molecule has 0 radical (unpaired) electrons. The first kappa shape index (κ1) is 21.8. The summed E-state index contributed by atoms with van der Waals surface area (Å²) in [5, 5.41) is 5.90. The summed E-state index contributed by atoms with van der Waals surface area (Å²) in [6, 6.07) is 20.2. The number of nitrogens with zero attached hydrogens (tertiary/aromatic N) is 1. The molecule has 1 amide bonds. The van der Waals surface area contributed by atoms with Gasteiger partial charge >= 0.3 is 0 Å². The van der Waals surface area contributed by atoms with Gasteiger partial charge in [-0.2, -0.15) is 0 Å². The molecule has 0 saturated carbocycles. The van der Waals surface area contributed by atoms with Gasteiger partial charge < -0.3 is 19.7 Å². The molecule has 2 atom stereocenters. The van der Waals surface area contributed by atoms with E-state index in [-0.39, 0.29) is 18.2 Å². The van der Waals surface area contributed by atoms with Crippen LogP contribution in [0, 0.1) is 5.92 Å². The van der Waals surface area contributed by atoms with E-state index in [9.17, 15) is 4.79 Å². The van der Waals surface area contributed by atoms with Crippen LogP contribution < -0.4 is 10.1 Å². The third-order valence-corrected chi connectivity index (χ3v) is 6.60. The average Bonchev–Trinajstić information content (AvgIpc) is 3.34. The maximum Gasteiger partial charge on any atom is 0.257 e. The predicted octanol–water partition coefficient (Wildman–Crippen LogP) is 6.01. The Kier molecular flexibility index (Phi) is 6.23. The minimum atomic E-state index is -0.336.